The third kappa shape index (κ3) is 3.86. The zero-order valence-corrected chi connectivity index (χ0v) is 16.8. The van der Waals surface area contributed by atoms with Crippen molar-refractivity contribution in [2.45, 2.75) is 52.0 Å². The van der Waals surface area contributed by atoms with Gasteiger partial charge in [-0.1, -0.05) is 32.9 Å². The smallest absolute Gasteiger partial charge is 0.226 e. The summed E-state index contributed by atoms with van der Waals surface area (Å²) in [4.78, 5) is 26.6. The molecule has 5 heteroatoms. The molecule has 0 bridgehead atoms. The van der Waals surface area contributed by atoms with E-state index in [0.29, 0.717) is 13.1 Å². The van der Waals surface area contributed by atoms with Gasteiger partial charge in [0, 0.05) is 23.9 Å². The van der Waals surface area contributed by atoms with Gasteiger partial charge in [-0.05, 0) is 49.1 Å². The normalized spacial score (nSPS) is 24.8. The minimum Gasteiger partial charge on any atom is -0.356 e. The second kappa shape index (κ2) is 7.81. The Kier molecular flexibility index (Phi) is 6.20. The summed E-state index contributed by atoms with van der Waals surface area (Å²) in [5.74, 6) is -0.0152. The largest absolute Gasteiger partial charge is 0.356 e. The van der Waals surface area contributed by atoms with Crippen molar-refractivity contribution < 1.29 is 9.59 Å². The summed E-state index contributed by atoms with van der Waals surface area (Å²) in [5, 5.41) is 6.02. The van der Waals surface area contributed by atoms with E-state index in [9.17, 15) is 9.59 Å². The van der Waals surface area contributed by atoms with E-state index >= 15 is 0 Å². The van der Waals surface area contributed by atoms with Crippen LogP contribution in [0.4, 0.5) is 0 Å². The second-order valence-corrected chi connectivity index (χ2v) is 8.45. The van der Waals surface area contributed by atoms with Crippen molar-refractivity contribution in [3.05, 3.63) is 29.8 Å². The lowest BCUT2D eigenvalue weighted by Crippen LogP contribution is -2.49. The Morgan fingerprint density at radius 3 is 2.60 bits per heavy atom. The van der Waals surface area contributed by atoms with E-state index in [2.05, 4.69) is 22.8 Å². The highest BCUT2D eigenvalue weighted by Gasteiger charge is 2.57. The molecule has 2 rings (SSSR count). The summed E-state index contributed by atoms with van der Waals surface area (Å²) in [5.41, 5.74) is 0.178. The average molecular weight is 363 g/mol. The van der Waals surface area contributed by atoms with E-state index in [-0.39, 0.29) is 23.1 Å². The van der Waals surface area contributed by atoms with Crippen LogP contribution in [0.15, 0.2) is 29.2 Å². The van der Waals surface area contributed by atoms with Crippen molar-refractivity contribution in [1.82, 2.24) is 10.6 Å². The molecule has 0 unspecified atom stereocenters. The Bertz CT molecular complexity index is 644. The van der Waals surface area contributed by atoms with Gasteiger partial charge >= 0.3 is 0 Å². The van der Waals surface area contributed by atoms with Crippen molar-refractivity contribution in [3.8, 4) is 0 Å². The minimum atomic E-state index is -0.542. The van der Waals surface area contributed by atoms with E-state index in [4.69, 9.17) is 0 Å². The molecule has 0 saturated heterocycles. The van der Waals surface area contributed by atoms with Crippen LogP contribution in [-0.4, -0.2) is 24.6 Å². The predicted octanol–water partition coefficient (Wildman–Crippen LogP) is 3.60. The van der Waals surface area contributed by atoms with Crippen LogP contribution in [0.3, 0.4) is 0 Å². The van der Waals surface area contributed by atoms with Crippen LogP contribution in [-0.2, 0) is 16.1 Å². The number of amides is 2. The quantitative estimate of drug-likeness (QED) is 0.760. The molecule has 0 radical (unpaired) electrons. The number of benzene rings is 1. The molecule has 1 aliphatic rings. The monoisotopic (exact) mass is 362 g/mol. The predicted molar refractivity (Wildman–Crippen MR) is 103 cm³/mol. The van der Waals surface area contributed by atoms with Crippen LogP contribution >= 0.6 is 11.8 Å². The molecule has 1 aromatic carbocycles. The van der Waals surface area contributed by atoms with Crippen molar-refractivity contribution in [2.75, 3.05) is 12.8 Å². The number of nitrogens with one attached hydrogen (secondary N) is 2. The molecule has 1 aliphatic carbocycles. The summed E-state index contributed by atoms with van der Waals surface area (Å²) < 4.78 is 0. The van der Waals surface area contributed by atoms with Crippen LogP contribution in [0, 0.1) is 16.7 Å². The van der Waals surface area contributed by atoms with E-state index in [1.165, 1.54) is 4.90 Å². The molecule has 1 fully saturated rings. The SMILES string of the molecule is CCNC(=O)[C@@H]1CC[C@](C)(C(=O)NCc2cccc(SC)c2)C1(C)C. The molecule has 1 saturated carbocycles. The highest BCUT2D eigenvalue weighted by atomic mass is 32.2. The van der Waals surface area contributed by atoms with Gasteiger partial charge in [-0.3, -0.25) is 9.59 Å². The summed E-state index contributed by atoms with van der Waals surface area (Å²) in [6.45, 7) is 9.17. The van der Waals surface area contributed by atoms with E-state index < -0.39 is 5.41 Å². The van der Waals surface area contributed by atoms with Gasteiger partial charge in [0.25, 0.3) is 0 Å². The lowest BCUT2D eigenvalue weighted by molar-refractivity contribution is -0.139. The van der Waals surface area contributed by atoms with E-state index in [0.717, 1.165) is 18.4 Å². The Labute approximate surface area is 155 Å². The summed E-state index contributed by atoms with van der Waals surface area (Å²) >= 11 is 1.69. The van der Waals surface area contributed by atoms with Crippen LogP contribution in [0.25, 0.3) is 0 Å². The molecule has 4 nitrogen and oxygen atoms in total. The minimum absolute atomic E-state index is 0.0406. The van der Waals surface area contributed by atoms with Crippen LogP contribution < -0.4 is 10.6 Å². The van der Waals surface area contributed by atoms with Gasteiger partial charge in [0.2, 0.25) is 11.8 Å². The number of hydrogen-bond acceptors (Lipinski definition) is 3. The fraction of sp³-hybridized carbons (Fsp3) is 0.600. The molecular formula is C20H30N2O2S. The lowest BCUT2D eigenvalue weighted by atomic mass is 9.65. The van der Waals surface area contributed by atoms with Crippen molar-refractivity contribution >= 4 is 23.6 Å². The van der Waals surface area contributed by atoms with E-state index in [1.807, 2.05) is 46.1 Å². The molecule has 0 aliphatic heterocycles. The third-order valence-corrected chi connectivity index (χ3v) is 6.71. The molecular weight excluding hydrogens is 332 g/mol. The van der Waals surface area contributed by atoms with Crippen molar-refractivity contribution in [1.29, 1.82) is 0 Å². The average Bonchev–Trinajstić information content (AvgIpc) is 2.84. The lowest BCUT2D eigenvalue weighted by Gasteiger charge is -2.39. The maximum Gasteiger partial charge on any atom is 0.226 e. The van der Waals surface area contributed by atoms with Crippen LogP contribution in [0.2, 0.25) is 0 Å². The Morgan fingerprint density at radius 2 is 1.96 bits per heavy atom. The molecule has 25 heavy (non-hydrogen) atoms. The van der Waals surface area contributed by atoms with Gasteiger partial charge in [-0.15, -0.1) is 11.8 Å². The van der Waals surface area contributed by atoms with Crippen molar-refractivity contribution in [3.63, 3.8) is 0 Å². The number of carbonyl (C=O) groups excluding carboxylic acids is 2. The van der Waals surface area contributed by atoms with Crippen LogP contribution in [0.5, 0.6) is 0 Å². The fourth-order valence-electron chi connectivity index (χ4n) is 3.82. The van der Waals surface area contributed by atoms with Gasteiger partial charge in [0.05, 0.1) is 5.41 Å². The molecule has 0 heterocycles. The van der Waals surface area contributed by atoms with Gasteiger partial charge in [0.15, 0.2) is 0 Å². The second-order valence-electron chi connectivity index (χ2n) is 7.57. The van der Waals surface area contributed by atoms with Gasteiger partial charge in [0.1, 0.15) is 0 Å². The molecule has 1 aromatic rings. The first-order valence-electron chi connectivity index (χ1n) is 8.95. The standard InChI is InChI=1S/C20H30N2O2S/c1-6-21-17(23)16-10-11-20(4,19(16,2)3)18(24)22-13-14-8-7-9-15(12-14)25-5/h7-9,12,16H,6,10-11,13H2,1-5H3,(H,21,23)(H,22,24)/t16-,20+/m0/s1. The molecule has 0 aromatic heterocycles. The highest BCUT2D eigenvalue weighted by Crippen LogP contribution is 2.56. The molecule has 2 atom stereocenters. The maximum absolute atomic E-state index is 13.0. The number of carbonyl (C=O) groups is 2. The molecule has 0 spiro atoms. The molecule has 2 N–H and O–H groups in total. The van der Waals surface area contributed by atoms with Gasteiger partial charge in [-0.2, -0.15) is 0 Å². The van der Waals surface area contributed by atoms with Crippen molar-refractivity contribution in [2.24, 2.45) is 16.7 Å². The van der Waals surface area contributed by atoms with Gasteiger partial charge < -0.3 is 10.6 Å². The number of rotatable bonds is 6. The zero-order valence-electron chi connectivity index (χ0n) is 15.9. The first-order valence-corrected chi connectivity index (χ1v) is 10.2. The topological polar surface area (TPSA) is 58.2 Å². The number of hydrogen-bond donors (Lipinski definition) is 2. The number of thioether (sulfide) groups is 1. The fourth-order valence-corrected chi connectivity index (χ4v) is 4.31. The summed E-state index contributed by atoms with van der Waals surface area (Å²) in [6, 6.07) is 8.21. The summed E-state index contributed by atoms with van der Waals surface area (Å²) in [7, 11) is 0. The molecule has 138 valence electrons. The molecule has 2 amide bonds. The highest BCUT2D eigenvalue weighted by molar-refractivity contribution is 7.98. The van der Waals surface area contributed by atoms with Gasteiger partial charge in [-0.25, -0.2) is 0 Å². The Balaban J connectivity index is 2.08. The first kappa shape index (κ1) is 19.8. The summed E-state index contributed by atoms with van der Waals surface area (Å²) in [6.07, 6.45) is 3.53. The third-order valence-electron chi connectivity index (χ3n) is 5.98. The first-order chi connectivity index (χ1) is 11.8. The Hall–Kier alpha value is -1.49. The van der Waals surface area contributed by atoms with Crippen LogP contribution in [0.1, 0.15) is 46.1 Å². The zero-order chi connectivity index (χ0) is 18.7. The maximum atomic E-state index is 13.0. The van der Waals surface area contributed by atoms with E-state index in [1.54, 1.807) is 11.8 Å². The Morgan fingerprint density at radius 1 is 1.24 bits per heavy atom.